The fraction of sp³-hybridized carbons (Fsp3) is 0.353. The fourth-order valence-electron chi connectivity index (χ4n) is 2.44. The summed E-state index contributed by atoms with van der Waals surface area (Å²) in [5.74, 6) is 1.50. The molecule has 0 N–H and O–H groups in total. The van der Waals surface area contributed by atoms with Gasteiger partial charge in [-0.25, -0.2) is 0 Å². The van der Waals surface area contributed by atoms with Crippen molar-refractivity contribution in [1.29, 1.82) is 0 Å². The van der Waals surface area contributed by atoms with Gasteiger partial charge in [-0.15, -0.1) is 0 Å². The Bertz CT molecular complexity index is 644. The number of hydrogen-bond acceptors (Lipinski definition) is 4. The molecule has 1 aromatic carbocycles. The van der Waals surface area contributed by atoms with Gasteiger partial charge in [-0.05, 0) is 48.4 Å². The van der Waals surface area contributed by atoms with E-state index in [2.05, 4.69) is 16.8 Å². The molecular formula is C17H18O3S. The van der Waals surface area contributed by atoms with Crippen molar-refractivity contribution in [2.45, 2.75) is 32.3 Å². The summed E-state index contributed by atoms with van der Waals surface area (Å²) < 4.78 is 11.6. The van der Waals surface area contributed by atoms with Crippen LogP contribution in [0.1, 0.15) is 36.2 Å². The molecule has 0 spiro atoms. The number of carbonyl (C=O) groups is 1. The van der Waals surface area contributed by atoms with Crippen LogP contribution < -0.4 is 9.47 Å². The highest BCUT2D eigenvalue weighted by Crippen LogP contribution is 2.35. The molecule has 0 saturated heterocycles. The number of Topliss-reactive ketones (excluding diaryl/α,β-unsaturated/α-hetero) is 1. The molecule has 4 heteroatoms. The van der Waals surface area contributed by atoms with Crippen LogP contribution in [0.5, 0.6) is 11.5 Å². The fourth-order valence-corrected chi connectivity index (χ4v) is 3.15. The number of benzene rings is 1. The third-order valence-electron chi connectivity index (χ3n) is 3.47. The Balaban J connectivity index is 1.69. The lowest BCUT2D eigenvalue weighted by Crippen LogP contribution is -2.35. The van der Waals surface area contributed by atoms with E-state index in [1.165, 1.54) is 5.56 Å². The van der Waals surface area contributed by atoms with Crippen molar-refractivity contribution in [2.24, 2.45) is 0 Å². The summed E-state index contributed by atoms with van der Waals surface area (Å²) >= 11 is 1.69. The zero-order chi connectivity index (χ0) is 14.9. The average molecular weight is 302 g/mol. The Kier molecular flexibility index (Phi) is 3.72. The first-order chi connectivity index (χ1) is 10.0. The summed E-state index contributed by atoms with van der Waals surface area (Å²) in [6.07, 6.45) is 1.30. The molecule has 0 bridgehead atoms. The topological polar surface area (TPSA) is 35.5 Å². The smallest absolute Gasteiger partial charge is 0.170 e. The highest BCUT2D eigenvalue weighted by atomic mass is 32.1. The standard InChI is InChI=1S/C17H18O3S/c1-17(2)10-15(18)14-4-3-13(9-16(14)20-17)19-7-5-12-6-8-21-11-12/h3-4,6,8-9,11H,5,7,10H2,1-2H3. The predicted molar refractivity (Wildman–Crippen MR) is 83.6 cm³/mol. The first-order valence-electron chi connectivity index (χ1n) is 7.04. The average Bonchev–Trinajstić information content (AvgIpc) is 2.90. The molecule has 0 atom stereocenters. The summed E-state index contributed by atoms with van der Waals surface area (Å²) in [5, 5.41) is 4.19. The number of hydrogen-bond donors (Lipinski definition) is 0. The molecule has 1 aliphatic heterocycles. The van der Waals surface area contributed by atoms with Crippen molar-refractivity contribution in [3.8, 4) is 11.5 Å². The Hall–Kier alpha value is -1.81. The van der Waals surface area contributed by atoms with Gasteiger partial charge in [-0.3, -0.25) is 4.79 Å². The largest absolute Gasteiger partial charge is 0.493 e. The van der Waals surface area contributed by atoms with Crippen molar-refractivity contribution < 1.29 is 14.3 Å². The molecule has 0 amide bonds. The molecule has 0 radical (unpaired) electrons. The molecule has 0 fully saturated rings. The van der Waals surface area contributed by atoms with Crippen LogP contribution in [0, 0.1) is 0 Å². The van der Waals surface area contributed by atoms with Gasteiger partial charge >= 0.3 is 0 Å². The van der Waals surface area contributed by atoms with Crippen molar-refractivity contribution in [3.63, 3.8) is 0 Å². The van der Waals surface area contributed by atoms with Crippen LogP contribution in [0.4, 0.5) is 0 Å². The number of fused-ring (bicyclic) bond motifs is 1. The number of ketones is 1. The van der Waals surface area contributed by atoms with E-state index in [4.69, 9.17) is 9.47 Å². The van der Waals surface area contributed by atoms with E-state index in [0.717, 1.165) is 12.2 Å². The molecule has 1 aromatic heterocycles. The molecule has 3 nitrogen and oxygen atoms in total. The second kappa shape index (κ2) is 5.53. The summed E-state index contributed by atoms with van der Waals surface area (Å²) in [5.41, 5.74) is 1.49. The molecular weight excluding hydrogens is 284 g/mol. The van der Waals surface area contributed by atoms with Gasteiger partial charge in [0.1, 0.15) is 17.1 Å². The minimum Gasteiger partial charge on any atom is -0.493 e. The minimum absolute atomic E-state index is 0.131. The highest BCUT2D eigenvalue weighted by molar-refractivity contribution is 7.07. The lowest BCUT2D eigenvalue weighted by atomic mass is 9.93. The van der Waals surface area contributed by atoms with Gasteiger partial charge in [-0.2, -0.15) is 11.3 Å². The van der Waals surface area contributed by atoms with E-state index in [-0.39, 0.29) is 5.78 Å². The van der Waals surface area contributed by atoms with Crippen molar-refractivity contribution in [2.75, 3.05) is 6.61 Å². The quantitative estimate of drug-likeness (QED) is 0.852. The Morgan fingerprint density at radius 3 is 2.95 bits per heavy atom. The molecule has 2 heterocycles. The van der Waals surface area contributed by atoms with Crippen molar-refractivity contribution >= 4 is 17.1 Å². The van der Waals surface area contributed by atoms with Gasteiger partial charge in [0.25, 0.3) is 0 Å². The lowest BCUT2D eigenvalue weighted by molar-refractivity contribution is 0.0618. The number of thiophene rings is 1. The lowest BCUT2D eigenvalue weighted by Gasteiger charge is -2.31. The van der Waals surface area contributed by atoms with E-state index in [9.17, 15) is 4.79 Å². The van der Waals surface area contributed by atoms with Gasteiger partial charge in [-0.1, -0.05) is 0 Å². The van der Waals surface area contributed by atoms with E-state index < -0.39 is 5.60 Å². The first-order valence-corrected chi connectivity index (χ1v) is 7.98. The second-order valence-electron chi connectivity index (χ2n) is 5.85. The van der Waals surface area contributed by atoms with Gasteiger partial charge in [0.2, 0.25) is 0 Å². The minimum atomic E-state index is -0.445. The zero-order valence-corrected chi connectivity index (χ0v) is 13.0. The van der Waals surface area contributed by atoms with E-state index in [0.29, 0.717) is 24.3 Å². The molecule has 0 saturated carbocycles. The second-order valence-corrected chi connectivity index (χ2v) is 6.63. The van der Waals surface area contributed by atoms with Gasteiger partial charge in [0.05, 0.1) is 18.6 Å². The van der Waals surface area contributed by atoms with Crippen LogP contribution >= 0.6 is 11.3 Å². The van der Waals surface area contributed by atoms with Crippen molar-refractivity contribution in [1.82, 2.24) is 0 Å². The molecule has 2 aromatic rings. The maximum absolute atomic E-state index is 12.1. The van der Waals surface area contributed by atoms with Crippen LogP contribution in [-0.4, -0.2) is 18.0 Å². The first kappa shape index (κ1) is 14.1. The van der Waals surface area contributed by atoms with Gasteiger partial charge in [0.15, 0.2) is 5.78 Å². The van der Waals surface area contributed by atoms with Gasteiger partial charge < -0.3 is 9.47 Å². The third kappa shape index (κ3) is 3.27. The SMILES string of the molecule is CC1(C)CC(=O)c2ccc(OCCc3ccsc3)cc2O1. The Morgan fingerprint density at radius 1 is 1.33 bits per heavy atom. The molecule has 1 aliphatic rings. The Morgan fingerprint density at radius 2 is 2.19 bits per heavy atom. The van der Waals surface area contributed by atoms with E-state index in [1.807, 2.05) is 26.0 Å². The van der Waals surface area contributed by atoms with Crippen LogP contribution in [0.25, 0.3) is 0 Å². The van der Waals surface area contributed by atoms with E-state index >= 15 is 0 Å². The van der Waals surface area contributed by atoms with Crippen LogP contribution in [0.2, 0.25) is 0 Å². The summed E-state index contributed by atoms with van der Waals surface area (Å²) in [6, 6.07) is 7.56. The number of ether oxygens (including phenoxy) is 2. The molecule has 3 rings (SSSR count). The molecule has 21 heavy (non-hydrogen) atoms. The number of carbonyl (C=O) groups excluding carboxylic acids is 1. The molecule has 110 valence electrons. The predicted octanol–water partition coefficient (Wildman–Crippen LogP) is 4.11. The molecule has 0 unspecified atom stereocenters. The maximum Gasteiger partial charge on any atom is 0.170 e. The van der Waals surface area contributed by atoms with Crippen molar-refractivity contribution in [3.05, 3.63) is 46.2 Å². The number of rotatable bonds is 4. The van der Waals surface area contributed by atoms with Crippen LogP contribution in [0.15, 0.2) is 35.0 Å². The zero-order valence-electron chi connectivity index (χ0n) is 12.2. The van der Waals surface area contributed by atoms with E-state index in [1.54, 1.807) is 17.4 Å². The monoisotopic (exact) mass is 302 g/mol. The molecule has 0 aliphatic carbocycles. The van der Waals surface area contributed by atoms with Crippen LogP contribution in [-0.2, 0) is 6.42 Å². The Labute approximate surface area is 128 Å². The maximum atomic E-state index is 12.1. The summed E-state index contributed by atoms with van der Waals surface area (Å²) in [7, 11) is 0. The third-order valence-corrected chi connectivity index (χ3v) is 4.20. The summed E-state index contributed by atoms with van der Waals surface area (Å²) in [6.45, 7) is 4.47. The van der Waals surface area contributed by atoms with Crippen LogP contribution in [0.3, 0.4) is 0 Å². The van der Waals surface area contributed by atoms with Gasteiger partial charge in [0, 0.05) is 12.5 Å². The summed E-state index contributed by atoms with van der Waals surface area (Å²) in [4.78, 5) is 12.1. The highest BCUT2D eigenvalue weighted by Gasteiger charge is 2.32. The normalized spacial score (nSPS) is 16.2.